The van der Waals surface area contributed by atoms with Crippen LogP contribution >= 0.6 is 0 Å². The van der Waals surface area contributed by atoms with Gasteiger partial charge in [-0.1, -0.05) is 20.8 Å². The number of nitrogens with one attached hydrogen (secondary N) is 1. The first-order chi connectivity index (χ1) is 10.1. The highest BCUT2D eigenvalue weighted by molar-refractivity contribution is 5.40. The molecule has 1 fully saturated rings. The first kappa shape index (κ1) is 16.2. The van der Waals surface area contributed by atoms with Crippen molar-refractivity contribution in [2.24, 2.45) is 11.8 Å². The summed E-state index contributed by atoms with van der Waals surface area (Å²) in [5.41, 5.74) is 1.18. The van der Waals surface area contributed by atoms with Crippen molar-refractivity contribution in [2.45, 2.75) is 52.7 Å². The summed E-state index contributed by atoms with van der Waals surface area (Å²) in [5, 5.41) is 3.37. The maximum atomic E-state index is 6.31. The minimum atomic E-state index is 0.352. The van der Waals surface area contributed by atoms with Gasteiger partial charge in [0.2, 0.25) is 0 Å². The lowest BCUT2D eigenvalue weighted by molar-refractivity contribution is 0.0995. The molecule has 3 unspecified atom stereocenters. The van der Waals surface area contributed by atoms with Gasteiger partial charge >= 0.3 is 0 Å². The summed E-state index contributed by atoms with van der Waals surface area (Å²) in [7, 11) is 1.71. The van der Waals surface area contributed by atoms with Gasteiger partial charge in [0.05, 0.1) is 13.2 Å². The Balaban J connectivity index is 2.07. The Morgan fingerprint density at radius 1 is 1.19 bits per heavy atom. The van der Waals surface area contributed by atoms with Crippen LogP contribution in [0.2, 0.25) is 0 Å². The van der Waals surface area contributed by atoms with Gasteiger partial charge in [-0.05, 0) is 55.8 Å². The van der Waals surface area contributed by atoms with Gasteiger partial charge in [0.1, 0.15) is 11.5 Å². The quantitative estimate of drug-likeness (QED) is 0.859. The second-order valence-corrected chi connectivity index (χ2v) is 6.26. The summed E-state index contributed by atoms with van der Waals surface area (Å²) >= 11 is 0. The van der Waals surface area contributed by atoms with Crippen LogP contribution < -0.4 is 14.8 Å². The average Bonchev–Trinajstić information content (AvgIpc) is 2.50. The highest BCUT2D eigenvalue weighted by Crippen LogP contribution is 2.33. The van der Waals surface area contributed by atoms with E-state index in [2.05, 4.69) is 32.2 Å². The summed E-state index contributed by atoms with van der Waals surface area (Å²) < 4.78 is 11.6. The fourth-order valence-electron chi connectivity index (χ4n) is 2.98. The Labute approximate surface area is 129 Å². The molecule has 1 aromatic carbocycles. The van der Waals surface area contributed by atoms with Gasteiger partial charge in [-0.3, -0.25) is 0 Å². The molecule has 1 aliphatic rings. The molecule has 3 atom stereocenters. The summed E-state index contributed by atoms with van der Waals surface area (Å²) in [6.45, 7) is 8.58. The molecular formula is C18H29NO2. The summed E-state index contributed by atoms with van der Waals surface area (Å²) in [5.74, 6) is 3.46. The summed E-state index contributed by atoms with van der Waals surface area (Å²) in [6.07, 6.45) is 3.95. The van der Waals surface area contributed by atoms with E-state index in [0.717, 1.165) is 49.3 Å². The SMILES string of the molecule is CCNCc1cc(OC)ccc1OC1CCC(C)C(C)C1. The van der Waals surface area contributed by atoms with Crippen LogP contribution in [0.1, 0.15) is 45.6 Å². The highest BCUT2D eigenvalue weighted by Gasteiger charge is 2.26. The number of hydrogen-bond donors (Lipinski definition) is 1. The largest absolute Gasteiger partial charge is 0.497 e. The van der Waals surface area contributed by atoms with Gasteiger partial charge in [-0.15, -0.1) is 0 Å². The first-order valence-electron chi connectivity index (χ1n) is 8.18. The van der Waals surface area contributed by atoms with Crippen LogP contribution in [0.15, 0.2) is 18.2 Å². The summed E-state index contributed by atoms with van der Waals surface area (Å²) in [6, 6.07) is 6.11. The Morgan fingerprint density at radius 2 is 2.00 bits per heavy atom. The van der Waals surface area contributed by atoms with Gasteiger partial charge in [0.25, 0.3) is 0 Å². The molecule has 1 N–H and O–H groups in total. The lowest BCUT2D eigenvalue weighted by Crippen LogP contribution is -2.29. The molecular weight excluding hydrogens is 262 g/mol. The zero-order valence-corrected chi connectivity index (χ0v) is 13.8. The molecule has 0 aliphatic heterocycles. The van der Waals surface area contributed by atoms with E-state index in [1.54, 1.807) is 7.11 Å². The van der Waals surface area contributed by atoms with Crippen LogP contribution in [0.4, 0.5) is 0 Å². The van der Waals surface area contributed by atoms with E-state index in [1.807, 2.05) is 12.1 Å². The number of benzene rings is 1. The number of ether oxygens (including phenoxy) is 2. The molecule has 0 radical (unpaired) electrons. The molecule has 21 heavy (non-hydrogen) atoms. The molecule has 0 aromatic heterocycles. The predicted molar refractivity (Wildman–Crippen MR) is 87.0 cm³/mol. The Hall–Kier alpha value is -1.22. The molecule has 1 saturated carbocycles. The highest BCUT2D eigenvalue weighted by atomic mass is 16.5. The van der Waals surface area contributed by atoms with Crippen molar-refractivity contribution in [1.29, 1.82) is 0 Å². The Morgan fingerprint density at radius 3 is 2.67 bits per heavy atom. The van der Waals surface area contributed by atoms with E-state index in [9.17, 15) is 0 Å². The van der Waals surface area contributed by atoms with Gasteiger partial charge in [-0.25, -0.2) is 0 Å². The fourth-order valence-corrected chi connectivity index (χ4v) is 2.98. The van der Waals surface area contributed by atoms with E-state index in [0.29, 0.717) is 6.10 Å². The van der Waals surface area contributed by atoms with Crippen LogP contribution in [0.5, 0.6) is 11.5 Å². The van der Waals surface area contributed by atoms with Gasteiger partial charge in [-0.2, -0.15) is 0 Å². The van der Waals surface area contributed by atoms with Crippen molar-refractivity contribution in [3.05, 3.63) is 23.8 Å². The number of hydrogen-bond acceptors (Lipinski definition) is 3. The van der Waals surface area contributed by atoms with E-state index in [1.165, 1.54) is 12.0 Å². The Kier molecular flexibility index (Phi) is 5.92. The molecule has 0 spiro atoms. The zero-order chi connectivity index (χ0) is 15.2. The van der Waals surface area contributed by atoms with Gasteiger partial charge in [0.15, 0.2) is 0 Å². The molecule has 118 valence electrons. The van der Waals surface area contributed by atoms with Crippen LogP contribution in [0.3, 0.4) is 0 Å². The molecule has 3 nitrogen and oxygen atoms in total. The molecule has 0 saturated heterocycles. The Bertz CT molecular complexity index is 447. The minimum Gasteiger partial charge on any atom is -0.497 e. The zero-order valence-electron chi connectivity index (χ0n) is 13.8. The van der Waals surface area contributed by atoms with E-state index in [-0.39, 0.29) is 0 Å². The third kappa shape index (κ3) is 4.37. The van der Waals surface area contributed by atoms with Crippen LogP contribution in [0, 0.1) is 11.8 Å². The van der Waals surface area contributed by atoms with Crippen LogP contribution in [-0.2, 0) is 6.54 Å². The third-order valence-corrected chi connectivity index (χ3v) is 4.68. The maximum absolute atomic E-state index is 6.31. The van der Waals surface area contributed by atoms with E-state index < -0.39 is 0 Å². The van der Waals surface area contributed by atoms with Gasteiger partial charge < -0.3 is 14.8 Å². The first-order valence-corrected chi connectivity index (χ1v) is 8.18. The second kappa shape index (κ2) is 7.69. The molecule has 0 amide bonds. The van der Waals surface area contributed by atoms with Crippen LogP contribution in [-0.4, -0.2) is 19.8 Å². The maximum Gasteiger partial charge on any atom is 0.124 e. The minimum absolute atomic E-state index is 0.352. The molecule has 1 aliphatic carbocycles. The van der Waals surface area contributed by atoms with E-state index in [4.69, 9.17) is 9.47 Å². The fraction of sp³-hybridized carbons (Fsp3) is 0.667. The smallest absolute Gasteiger partial charge is 0.124 e. The summed E-state index contributed by atoms with van der Waals surface area (Å²) in [4.78, 5) is 0. The average molecular weight is 291 g/mol. The van der Waals surface area contributed by atoms with Crippen LogP contribution in [0.25, 0.3) is 0 Å². The molecule has 3 heteroatoms. The van der Waals surface area contributed by atoms with E-state index >= 15 is 0 Å². The van der Waals surface area contributed by atoms with Crippen molar-refractivity contribution in [3.63, 3.8) is 0 Å². The lowest BCUT2D eigenvalue weighted by Gasteiger charge is -2.32. The molecule has 0 bridgehead atoms. The lowest BCUT2D eigenvalue weighted by atomic mass is 9.80. The topological polar surface area (TPSA) is 30.5 Å². The van der Waals surface area contributed by atoms with Crippen molar-refractivity contribution in [1.82, 2.24) is 5.32 Å². The third-order valence-electron chi connectivity index (χ3n) is 4.68. The van der Waals surface area contributed by atoms with Crippen molar-refractivity contribution < 1.29 is 9.47 Å². The normalized spacial score (nSPS) is 25.6. The van der Waals surface area contributed by atoms with Crippen molar-refractivity contribution in [3.8, 4) is 11.5 Å². The number of rotatable bonds is 6. The molecule has 2 rings (SSSR count). The standard InChI is InChI=1S/C18H29NO2/c1-5-19-12-15-11-16(20-4)8-9-18(15)21-17-7-6-13(2)14(3)10-17/h8-9,11,13-14,17,19H,5-7,10,12H2,1-4H3. The second-order valence-electron chi connectivity index (χ2n) is 6.26. The molecule has 0 heterocycles. The molecule has 1 aromatic rings. The van der Waals surface area contributed by atoms with Crippen molar-refractivity contribution in [2.75, 3.05) is 13.7 Å². The monoisotopic (exact) mass is 291 g/mol. The van der Waals surface area contributed by atoms with Crippen molar-refractivity contribution >= 4 is 0 Å². The number of methoxy groups -OCH3 is 1. The van der Waals surface area contributed by atoms with Gasteiger partial charge in [0, 0.05) is 12.1 Å². The predicted octanol–water partition coefficient (Wildman–Crippen LogP) is 4.01.